The van der Waals surface area contributed by atoms with Gasteiger partial charge in [-0.2, -0.15) is 0 Å². The zero-order chi connectivity index (χ0) is 15.6. The van der Waals surface area contributed by atoms with Gasteiger partial charge in [-0.25, -0.2) is 4.98 Å². The molecule has 2 heterocycles. The van der Waals surface area contributed by atoms with Gasteiger partial charge in [0.15, 0.2) is 0 Å². The number of nitrogens with zero attached hydrogens (tertiary/aromatic N) is 3. The summed E-state index contributed by atoms with van der Waals surface area (Å²) in [6, 6.07) is 1.54. The summed E-state index contributed by atoms with van der Waals surface area (Å²) in [5.74, 6) is -0.0835. The van der Waals surface area contributed by atoms with Gasteiger partial charge in [0.2, 0.25) is 5.91 Å². The molecule has 1 aromatic heterocycles. The third-order valence-electron chi connectivity index (χ3n) is 3.66. The molecular formula is C14H19ClN4O2. The lowest BCUT2D eigenvalue weighted by atomic mass is 9.95. The largest absolute Gasteiger partial charge is 0.397 e. The predicted octanol–water partition coefficient (Wildman–Crippen LogP) is 1.26. The zero-order valence-corrected chi connectivity index (χ0v) is 12.9. The molecular weight excluding hydrogens is 292 g/mol. The van der Waals surface area contributed by atoms with E-state index >= 15 is 0 Å². The van der Waals surface area contributed by atoms with Crippen molar-refractivity contribution < 1.29 is 9.59 Å². The average molecular weight is 311 g/mol. The van der Waals surface area contributed by atoms with Gasteiger partial charge in [-0.1, -0.05) is 11.6 Å². The molecule has 21 heavy (non-hydrogen) atoms. The fourth-order valence-electron chi connectivity index (χ4n) is 2.48. The summed E-state index contributed by atoms with van der Waals surface area (Å²) in [5, 5.41) is 0.153. The maximum atomic E-state index is 12.4. The summed E-state index contributed by atoms with van der Waals surface area (Å²) in [6.45, 7) is 1.07. The van der Waals surface area contributed by atoms with Crippen LogP contribution < -0.4 is 5.73 Å². The van der Waals surface area contributed by atoms with Crippen molar-refractivity contribution in [2.24, 2.45) is 5.92 Å². The number of amides is 2. The van der Waals surface area contributed by atoms with Crippen molar-refractivity contribution in [1.82, 2.24) is 14.8 Å². The van der Waals surface area contributed by atoms with E-state index in [9.17, 15) is 9.59 Å². The van der Waals surface area contributed by atoms with Gasteiger partial charge in [0.25, 0.3) is 5.91 Å². The Bertz CT molecular complexity index is 554. The normalized spacial score (nSPS) is 15.9. The highest BCUT2D eigenvalue weighted by Crippen LogP contribution is 2.23. The number of rotatable bonds is 2. The Morgan fingerprint density at radius 3 is 2.57 bits per heavy atom. The van der Waals surface area contributed by atoms with Crippen LogP contribution in [0.4, 0.5) is 5.69 Å². The summed E-state index contributed by atoms with van der Waals surface area (Å²) in [7, 11) is 3.50. The summed E-state index contributed by atoms with van der Waals surface area (Å²) < 4.78 is 0. The Morgan fingerprint density at radius 1 is 1.38 bits per heavy atom. The lowest BCUT2D eigenvalue weighted by molar-refractivity contribution is -0.134. The molecule has 0 aromatic carbocycles. The van der Waals surface area contributed by atoms with Crippen LogP contribution in [0.25, 0.3) is 0 Å². The first-order chi connectivity index (χ1) is 9.90. The number of nitrogen functional groups attached to an aromatic ring is 1. The molecule has 2 N–H and O–H groups in total. The fourth-order valence-corrected chi connectivity index (χ4v) is 2.66. The Labute approximate surface area is 128 Å². The number of nitrogens with two attached hydrogens (primary N) is 1. The number of carbonyl (C=O) groups excluding carboxylic acids is 2. The van der Waals surface area contributed by atoms with Gasteiger partial charge in [0.05, 0.1) is 17.4 Å². The van der Waals surface area contributed by atoms with Crippen LogP contribution in [0.15, 0.2) is 12.3 Å². The SMILES string of the molecule is CN(C)C(=O)C1CCN(C(=O)c2cc(N)cnc2Cl)CC1. The summed E-state index contributed by atoms with van der Waals surface area (Å²) in [6.07, 6.45) is 2.74. The van der Waals surface area contributed by atoms with E-state index in [1.54, 1.807) is 23.9 Å². The number of likely N-dealkylation sites (tertiary alicyclic amines) is 1. The minimum absolute atomic E-state index is 0.0153. The average Bonchev–Trinajstić information content (AvgIpc) is 2.48. The van der Waals surface area contributed by atoms with Crippen LogP contribution in [0.1, 0.15) is 23.2 Å². The first-order valence-electron chi connectivity index (χ1n) is 6.81. The molecule has 1 saturated heterocycles. The number of aromatic nitrogens is 1. The van der Waals surface area contributed by atoms with Crippen LogP contribution in [0, 0.1) is 5.92 Å². The molecule has 6 nitrogen and oxygen atoms in total. The van der Waals surface area contributed by atoms with E-state index in [0.717, 1.165) is 0 Å². The summed E-state index contributed by atoms with van der Waals surface area (Å²) >= 11 is 5.96. The lowest BCUT2D eigenvalue weighted by Crippen LogP contribution is -2.42. The van der Waals surface area contributed by atoms with E-state index in [1.807, 2.05) is 0 Å². The highest BCUT2D eigenvalue weighted by molar-refractivity contribution is 6.32. The van der Waals surface area contributed by atoms with Gasteiger partial charge in [0, 0.05) is 33.1 Å². The van der Waals surface area contributed by atoms with Crippen molar-refractivity contribution in [3.8, 4) is 0 Å². The second kappa shape index (κ2) is 6.30. The first kappa shape index (κ1) is 15.6. The zero-order valence-electron chi connectivity index (χ0n) is 12.2. The van der Waals surface area contributed by atoms with E-state index in [2.05, 4.69) is 4.98 Å². The Balaban J connectivity index is 2.03. The number of pyridine rings is 1. The third kappa shape index (κ3) is 3.44. The standard InChI is InChI=1S/C14H19ClN4O2/c1-18(2)13(20)9-3-5-19(6-4-9)14(21)11-7-10(16)8-17-12(11)15/h7-9H,3-6,16H2,1-2H3. The van der Waals surface area contributed by atoms with E-state index in [4.69, 9.17) is 17.3 Å². The number of carbonyl (C=O) groups is 2. The molecule has 0 unspecified atom stereocenters. The van der Waals surface area contributed by atoms with Crippen LogP contribution in [-0.2, 0) is 4.79 Å². The minimum Gasteiger partial charge on any atom is -0.397 e. The smallest absolute Gasteiger partial charge is 0.257 e. The lowest BCUT2D eigenvalue weighted by Gasteiger charge is -2.32. The minimum atomic E-state index is -0.185. The second-order valence-electron chi connectivity index (χ2n) is 5.41. The van der Waals surface area contributed by atoms with Crippen molar-refractivity contribution in [3.63, 3.8) is 0 Å². The van der Waals surface area contributed by atoms with Gasteiger partial charge in [-0.15, -0.1) is 0 Å². The molecule has 114 valence electrons. The number of halogens is 1. The highest BCUT2D eigenvalue weighted by atomic mass is 35.5. The molecule has 0 bridgehead atoms. The van der Waals surface area contributed by atoms with Gasteiger partial charge in [-0.3, -0.25) is 9.59 Å². The van der Waals surface area contributed by atoms with Gasteiger partial charge in [0.1, 0.15) is 5.15 Å². The number of hydrogen-bond acceptors (Lipinski definition) is 4. The molecule has 1 fully saturated rings. The molecule has 1 aromatic rings. The summed E-state index contributed by atoms with van der Waals surface area (Å²) in [4.78, 5) is 31.5. The van der Waals surface area contributed by atoms with Gasteiger partial charge >= 0.3 is 0 Å². The molecule has 0 spiro atoms. The fraction of sp³-hybridized carbons (Fsp3) is 0.500. The molecule has 1 aliphatic rings. The van der Waals surface area contributed by atoms with Crippen LogP contribution in [-0.4, -0.2) is 53.8 Å². The summed E-state index contributed by atoms with van der Waals surface area (Å²) in [5.41, 5.74) is 6.36. The van der Waals surface area contributed by atoms with E-state index in [0.29, 0.717) is 37.2 Å². The van der Waals surface area contributed by atoms with Crippen LogP contribution >= 0.6 is 11.6 Å². The molecule has 2 rings (SSSR count). The Kier molecular flexibility index (Phi) is 4.67. The van der Waals surface area contributed by atoms with Gasteiger partial charge in [-0.05, 0) is 18.9 Å². The van der Waals surface area contributed by atoms with Crippen molar-refractivity contribution >= 4 is 29.1 Å². The van der Waals surface area contributed by atoms with Crippen molar-refractivity contribution in [1.29, 1.82) is 0 Å². The topological polar surface area (TPSA) is 79.5 Å². The molecule has 7 heteroatoms. The van der Waals surface area contributed by atoms with Crippen LogP contribution in [0.3, 0.4) is 0 Å². The molecule has 0 radical (unpaired) electrons. The maximum absolute atomic E-state index is 12.4. The Hall–Kier alpha value is -1.82. The first-order valence-corrected chi connectivity index (χ1v) is 7.19. The monoisotopic (exact) mass is 310 g/mol. The molecule has 1 aliphatic heterocycles. The molecule has 0 aliphatic carbocycles. The Morgan fingerprint density at radius 2 is 2.00 bits per heavy atom. The second-order valence-corrected chi connectivity index (χ2v) is 5.76. The van der Waals surface area contributed by atoms with E-state index in [-0.39, 0.29) is 22.9 Å². The molecule has 0 saturated carbocycles. The number of hydrogen-bond donors (Lipinski definition) is 1. The highest BCUT2D eigenvalue weighted by Gasteiger charge is 2.29. The predicted molar refractivity (Wildman–Crippen MR) is 81.0 cm³/mol. The van der Waals surface area contributed by atoms with Crippen molar-refractivity contribution in [2.75, 3.05) is 32.9 Å². The number of piperidine rings is 1. The maximum Gasteiger partial charge on any atom is 0.257 e. The van der Waals surface area contributed by atoms with E-state index < -0.39 is 0 Å². The third-order valence-corrected chi connectivity index (χ3v) is 3.96. The van der Waals surface area contributed by atoms with Gasteiger partial charge < -0.3 is 15.5 Å². The number of anilines is 1. The molecule has 2 amide bonds. The van der Waals surface area contributed by atoms with Crippen molar-refractivity contribution in [2.45, 2.75) is 12.8 Å². The van der Waals surface area contributed by atoms with Crippen LogP contribution in [0.5, 0.6) is 0 Å². The van der Waals surface area contributed by atoms with E-state index in [1.165, 1.54) is 12.3 Å². The van der Waals surface area contributed by atoms with Crippen molar-refractivity contribution in [3.05, 3.63) is 23.0 Å². The molecule has 0 atom stereocenters. The van der Waals surface area contributed by atoms with Crippen LogP contribution in [0.2, 0.25) is 5.15 Å². The quantitative estimate of drug-likeness (QED) is 0.834.